The molecule has 0 amide bonds. The Morgan fingerprint density at radius 2 is 1.96 bits per heavy atom. The van der Waals surface area contributed by atoms with E-state index in [-0.39, 0.29) is 17.6 Å². The van der Waals surface area contributed by atoms with E-state index in [1.54, 1.807) is 4.57 Å². The van der Waals surface area contributed by atoms with E-state index in [0.29, 0.717) is 30.0 Å². The summed E-state index contributed by atoms with van der Waals surface area (Å²) in [7, 11) is 0. The van der Waals surface area contributed by atoms with Crippen LogP contribution in [-0.4, -0.2) is 16.3 Å². The van der Waals surface area contributed by atoms with E-state index in [9.17, 15) is 9.90 Å². The van der Waals surface area contributed by atoms with Crippen LogP contribution in [0, 0.1) is 5.41 Å². The first-order valence-corrected chi connectivity index (χ1v) is 9.16. The largest absolute Gasteiger partial charge is 0.491 e. The number of halogens is 1. The fraction of sp³-hybridized carbons (Fsp3) is 0.526. The van der Waals surface area contributed by atoms with Gasteiger partial charge in [0, 0.05) is 16.4 Å². The van der Waals surface area contributed by atoms with Crippen molar-refractivity contribution in [1.82, 2.24) is 4.57 Å². The van der Waals surface area contributed by atoms with Gasteiger partial charge in [0.1, 0.15) is 5.75 Å². The lowest BCUT2D eigenvalue weighted by atomic mass is 9.96. The minimum Gasteiger partial charge on any atom is -0.491 e. The Balaban J connectivity index is 2.74. The summed E-state index contributed by atoms with van der Waals surface area (Å²) in [5.41, 5.74) is 0.383. The van der Waals surface area contributed by atoms with Crippen LogP contribution in [0.5, 0.6) is 5.75 Å². The highest BCUT2D eigenvalue weighted by Gasteiger charge is 2.21. The van der Waals surface area contributed by atoms with Crippen molar-refractivity contribution in [3.05, 3.63) is 38.7 Å². The third kappa shape index (κ3) is 4.19. The molecular formula is C19H26BrNO3. The number of nitrogens with zero attached hydrogens (tertiary/aromatic N) is 1. The van der Waals surface area contributed by atoms with Gasteiger partial charge in [0.2, 0.25) is 0 Å². The minimum atomic E-state index is -0.227. The van der Waals surface area contributed by atoms with Crippen molar-refractivity contribution in [3.8, 4) is 5.75 Å². The van der Waals surface area contributed by atoms with Crippen LogP contribution in [-0.2, 0) is 13.2 Å². The van der Waals surface area contributed by atoms with Gasteiger partial charge in [0.05, 0.1) is 24.3 Å². The molecule has 2 rings (SSSR count). The fourth-order valence-corrected chi connectivity index (χ4v) is 3.08. The number of aromatic nitrogens is 1. The maximum absolute atomic E-state index is 13.0. The van der Waals surface area contributed by atoms with Crippen LogP contribution in [0.3, 0.4) is 0 Å². The van der Waals surface area contributed by atoms with Gasteiger partial charge >= 0.3 is 0 Å². The number of hydrogen-bond donors (Lipinski definition) is 1. The average molecular weight is 396 g/mol. The summed E-state index contributed by atoms with van der Waals surface area (Å²) in [6.45, 7) is 9.19. The number of hydrogen-bond acceptors (Lipinski definition) is 3. The van der Waals surface area contributed by atoms with Crippen molar-refractivity contribution in [2.45, 2.75) is 53.7 Å². The number of aliphatic hydroxyl groups is 1. The van der Waals surface area contributed by atoms with E-state index < -0.39 is 0 Å². The van der Waals surface area contributed by atoms with Crippen LogP contribution in [0.2, 0.25) is 0 Å². The zero-order valence-corrected chi connectivity index (χ0v) is 16.4. The second kappa shape index (κ2) is 7.70. The molecular weight excluding hydrogens is 370 g/mol. The summed E-state index contributed by atoms with van der Waals surface area (Å²) >= 11 is 3.46. The summed E-state index contributed by atoms with van der Waals surface area (Å²) in [5.74, 6) is 0.617. The molecule has 132 valence electrons. The number of ether oxygens (including phenoxy) is 1. The summed E-state index contributed by atoms with van der Waals surface area (Å²) in [6, 6.07) is 5.56. The minimum absolute atomic E-state index is 0.0840. The van der Waals surface area contributed by atoms with Gasteiger partial charge in [-0.2, -0.15) is 0 Å². The van der Waals surface area contributed by atoms with E-state index >= 15 is 0 Å². The SMILES string of the molecule is CCCCOc1c(CO)n(CC(C)(C)C)c(=O)c2ccc(Br)cc12. The summed E-state index contributed by atoms with van der Waals surface area (Å²) in [4.78, 5) is 13.0. The Labute approximate surface area is 151 Å². The molecule has 0 unspecified atom stereocenters. The van der Waals surface area contributed by atoms with Gasteiger partial charge < -0.3 is 14.4 Å². The molecule has 0 fully saturated rings. The summed E-state index contributed by atoms with van der Waals surface area (Å²) < 4.78 is 8.55. The molecule has 1 N–H and O–H groups in total. The van der Waals surface area contributed by atoms with Gasteiger partial charge in [-0.05, 0) is 30.0 Å². The molecule has 0 bridgehead atoms. The molecule has 24 heavy (non-hydrogen) atoms. The number of benzene rings is 1. The molecule has 0 atom stereocenters. The van der Waals surface area contributed by atoms with Gasteiger partial charge in [-0.25, -0.2) is 0 Å². The maximum Gasteiger partial charge on any atom is 0.258 e. The Hall–Kier alpha value is -1.33. The molecule has 0 aliphatic rings. The molecule has 0 aliphatic heterocycles. The quantitative estimate of drug-likeness (QED) is 0.733. The molecule has 0 saturated heterocycles. The van der Waals surface area contributed by atoms with Crippen molar-refractivity contribution in [1.29, 1.82) is 0 Å². The fourth-order valence-electron chi connectivity index (χ4n) is 2.72. The van der Waals surface area contributed by atoms with Crippen molar-refractivity contribution >= 4 is 26.7 Å². The topological polar surface area (TPSA) is 51.5 Å². The van der Waals surface area contributed by atoms with Crippen molar-refractivity contribution < 1.29 is 9.84 Å². The van der Waals surface area contributed by atoms with Gasteiger partial charge in [0.25, 0.3) is 5.56 Å². The molecule has 0 spiro atoms. The van der Waals surface area contributed by atoms with Crippen LogP contribution in [0.15, 0.2) is 27.5 Å². The highest BCUT2D eigenvalue weighted by Crippen LogP contribution is 2.32. The Kier molecular flexibility index (Phi) is 6.10. The van der Waals surface area contributed by atoms with E-state index in [4.69, 9.17) is 4.74 Å². The summed E-state index contributed by atoms with van der Waals surface area (Å²) in [5, 5.41) is 11.3. The monoisotopic (exact) mass is 395 g/mol. The van der Waals surface area contributed by atoms with Gasteiger partial charge in [0.15, 0.2) is 0 Å². The third-order valence-electron chi connectivity index (χ3n) is 3.82. The third-order valence-corrected chi connectivity index (χ3v) is 4.31. The molecule has 1 aromatic heterocycles. The molecule has 0 aliphatic carbocycles. The molecule has 5 heteroatoms. The van der Waals surface area contributed by atoms with Crippen molar-refractivity contribution in [2.24, 2.45) is 5.41 Å². The lowest BCUT2D eigenvalue weighted by molar-refractivity contribution is 0.237. The van der Waals surface area contributed by atoms with E-state index in [0.717, 1.165) is 22.7 Å². The number of unbranched alkanes of at least 4 members (excludes halogenated alkanes) is 1. The maximum atomic E-state index is 13.0. The van der Waals surface area contributed by atoms with Crippen molar-refractivity contribution in [2.75, 3.05) is 6.61 Å². The Morgan fingerprint density at radius 3 is 2.54 bits per heavy atom. The first-order valence-electron chi connectivity index (χ1n) is 8.37. The second-order valence-electron chi connectivity index (χ2n) is 7.28. The van der Waals surface area contributed by atoms with Crippen LogP contribution < -0.4 is 10.3 Å². The van der Waals surface area contributed by atoms with Gasteiger partial charge in [-0.1, -0.05) is 50.0 Å². The average Bonchev–Trinajstić information content (AvgIpc) is 2.50. The Bertz CT molecular complexity index is 775. The lowest BCUT2D eigenvalue weighted by Gasteiger charge is -2.25. The summed E-state index contributed by atoms with van der Waals surface area (Å²) in [6.07, 6.45) is 1.95. The molecule has 1 heterocycles. The molecule has 1 aromatic carbocycles. The number of fused-ring (bicyclic) bond motifs is 1. The predicted octanol–water partition coefficient (Wildman–Crippen LogP) is 4.48. The normalized spacial score (nSPS) is 11.9. The first kappa shape index (κ1) is 19.0. The van der Waals surface area contributed by atoms with E-state index in [1.165, 1.54) is 0 Å². The van der Waals surface area contributed by atoms with Gasteiger partial charge in [-0.15, -0.1) is 0 Å². The van der Waals surface area contributed by atoms with E-state index in [1.807, 2.05) is 18.2 Å². The highest BCUT2D eigenvalue weighted by atomic mass is 79.9. The Morgan fingerprint density at radius 1 is 1.25 bits per heavy atom. The molecule has 0 radical (unpaired) electrons. The lowest BCUT2D eigenvalue weighted by Crippen LogP contribution is -2.30. The van der Waals surface area contributed by atoms with Crippen LogP contribution >= 0.6 is 15.9 Å². The highest BCUT2D eigenvalue weighted by molar-refractivity contribution is 9.10. The molecule has 0 saturated carbocycles. The van der Waals surface area contributed by atoms with E-state index in [2.05, 4.69) is 43.6 Å². The van der Waals surface area contributed by atoms with Crippen LogP contribution in [0.4, 0.5) is 0 Å². The number of rotatable bonds is 6. The van der Waals surface area contributed by atoms with Crippen molar-refractivity contribution in [3.63, 3.8) is 0 Å². The number of aliphatic hydroxyl groups excluding tert-OH is 1. The molecule has 4 nitrogen and oxygen atoms in total. The predicted molar refractivity (Wildman–Crippen MR) is 102 cm³/mol. The standard InChI is InChI=1S/C19H26BrNO3/c1-5-6-9-24-17-15-10-13(20)7-8-14(15)18(23)21(16(17)11-22)12-19(2,3)4/h7-8,10,22H,5-6,9,11-12H2,1-4H3. The van der Waals surface area contributed by atoms with Crippen LogP contribution in [0.25, 0.3) is 10.8 Å². The first-order chi connectivity index (χ1) is 11.3. The molecule has 2 aromatic rings. The zero-order chi connectivity index (χ0) is 17.9. The smallest absolute Gasteiger partial charge is 0.258 e. The number of pyridine rings is 1. The van der Waals surface area contributed by atoms with Gasteiger partial charge in [-0.3, -0.25) is 4.79 Å². The zero-order valence-electron chi connectivity index (χ0n) is 14.9. The second-order valence-corrected chi connectivity index (χ2v) is 8.19. The van der Waals surface area contributed by atoms with Crippen LogP contribution in [0.1, 0.15) is 46.2 Å².